The zero-order chi connectivity index (χ0) is 14.5. The Kier molecular flexibility index (Phi) is 4.94. The summed E-state index contributed by atoms with van der Waals surface area (Å²) >= 11 is 0. The van der Waals surface area contributed by atoms with E-state index in [1.165, 1.54) is 13.2 Å². The molecule has 0 bridgehead atoms. The molecule has 1 aromatic carbocycles. The van der Waals surface area contributed by atoms with Crippen molar-refractivity contribution in [3.8, 4) is 5.75 Å². The minimum absolute atomic E-state index is 0.0495. The maximum absolute atomic E-state index is 14.0. The molecule has 1 unspecified atom stereocenters. The van der Waals surface area contributed by atoms with Crippen LogP contribution in [-0.2, 0) is 0 Å². The Balaban J connectivity index is 2.15. The van der Waals surface area contributed by atoms with Gasteiger partial charge in [-0.1, -0.05) is 12.2 Å². The highest BCUT2D eigenvalue weighted by Gasteiger charge is 2.20. The van der Waals surface area contributed by atoms with Gasteiger partial charge in [0.2, 0.25) is 5.82 Å². The maximum Gasteiger partial charge on any atom is 0.201 e. The van der Waals surface area contributed by atoms with Crippen molar-refractivity contribution in [2.24, 2.45) is 5.92 Å². The normalized spacial score (nSPS) is 18.6. The second-order valence-corrected chi connectivity index (χ2v) is 5.18. The Morgan fingerprint density at radius 2 is 2.15 bits per heavy atom. The highest BCUT2D eigenvalue weighted by Crippen LogP contribution is 2.35. The zero-order valence-electron chi connectivity index (χ0n) is 11.8. The van der Waals surface area contributed by atoms with E-state index in [2.05, 4.69) is 6.58 Å². The van der Waals surface area contributed by atoms with Crippen molar-refractivity contribution in [1.29, 1.82) is 0 Å². The topological polar surface area (TPSA) is 9.23 Å². The predicted octanol–water partition coefficient (Wildman–Crippen LogP) is 5.12. The largest absolute Gasteiger partial charge is 0.494 e. The Labute approximate surface area is 119 Å². The summed E-state index contributed by atoms with van der Waals surface area (Å²) in [6.45, 7) is 3.73. The van der Waals surface area contributed by atoms with Crippen molar-refractivity contribution < 1.29 is 13.5 Å². The average molecular weight is 278 g/mol. The van der Waals surface area contributed by atoms with Crippen LogP contribution in [0.25, 0.3) is 5.57 Å². The predicted molar refractivity (Wildman–Crippen MR) is 77.7 cm³/mol. The van der Waals surface area contributed by atoms with Gasteiger partial charge in [0, 0.05) is 5.56 Å². The van der Waals surface area contributed by atoms with Crippen LogP contribution in [0.5, 0.6) is 5.75 Å². The van der Waals surface area contributed by atoms with Crippen molar-refractivity contribution in [2.45, 2.75) is 32.1 Å². The van der Waals surface area contributed by atoms with E-state index in [9.17, 15) is 8.78 Å². The summed E-state index contributed by atoms with van der Waals surface area (Å²) in [6.07, 6.45) is 8.85. The third kappa shape index (κ3) is 3.09. The minimum Gasteiger partial charge on any atom is -0.494 e. The highest BCUT2D eigenvalue weighted by molar-refractivity contribution is 5.67. The van der Waals surface area contributed by atoms with Crippen LogP contribution in [0.2, 0.25) is 0 Å². The van der Waals surface area contributed by atoms with Crippen LogP contribution in [0.3, 0.4) is 0 Å². The minimum atomic E-state index is -0.903. The van der Waals surface area contributed by atoms with Gasteiger partial charge in [-0.25, -0.2) is 4.39 Å². The number of rotatable bonds is 5. The Morgan fingerprint density at radius 1 is 1.35 bits per heavy atom. The van der Waals surface area contributed by atoms with Crippen LogP contribution in [-0.4, -0.2) is 7.11 Å². The van der Waals surface area contributed by atoms with Gasteiger partial charge in [0.1, 0.15) is 0 Å². The lowest BCUT2D eigenvalue weighted by Crippen LogP contribution is -2.07. The van der Waals surface area contributed by atoms with Gasteiger partial charge in [-0.15, -0.1) is 6.58 Å². The lowest BCUT2D eigenvalue weighted by atomic mass is 9.84. The maximum atomic E-state index is 14.0. The first-order valence-corrected chi connectivity index (χ1v) is 6.99. The van der Waals surface area contributed by atoms with Crippen molar-refractivity contribution in [3.63, 3.8) is 0 Å². The molecule has 1 aromatic rings. The van der Waals surface area contributed by atoms with Crippen LogP contribution in [0, 0.1) is 17.6 Å². The molecule has 0 radical (unpaired) electrons. The van der Waals surface area contributed by atoms with Gasteiger partial charge in [0.05, 0.1) is 7.11 Å². The molecule has 20 heavy (non-hydrogen) atoms. The summed E-state index contributed by atoms with van der Waals surface area (Å²) in [5, 5.41) is 0. The van der Waals surface area contributed by atoms with Gasteiger partial charge < -0.3 is 4.74 Å². The zero-order valence-corrected chi connectivity index (χ0v) is 11.8. The smallest absolute Gasteiger partial charge is 0.201 e. The van der Waals surface area contributed by atoms with E-state index in [4.69, 9.17) is 4.74 Å². The third-order valence-electron chi connectivity index (χ3n) is 3.91. The first kappa shape index (κ1) is 14.8. The number of halogens is 2. The van der Waals surface area contributed by atoms with E-state index in [1.54, 1.807) is 6.07 Å². The number of allylic oxidation sites excluding steroid dienone is 3. The van der Waals surface area contributed by atoms with Crippen LogP contribution >= 0.6 is 0 Å². The molecule has 1 aliphatic rings. The number of methoxy groups -OCH3 is 1. The Hall–Kier alpha value is -1.64. The molecule has 0 saturated heterocycles. The number of hydrogen-bond donors (Lipinski definition) is 0. The van der Waals surface area contributed by atoms with Crippen LogP contribution < -0.4 is 4.74 Å². The van der Waals surface area contributed by atoms with E-state index in [1.807, 2.05) is 12.2 Å². The van der Waals surface area contributed by atoms with E-state index in [0.717, 1.165) is 37.7 Å². The quantitative estimate of drug-likeness (QED) is 0.679. The average Bonchev–Trinajstić information content (AvgIpc) is 2.48. The molecule has 0 amide bonds. The summed E-state index contributed by atoms with van der Waals surface area (Å²) in [5.74, 6) is -1.13. The second kappa shape index (κ2) is 6.69. The first-order valence-electron chi connectivity index (χ1n) is 6.99. The summed E-state index contributed by atoms with van der Waals surface area (Å²) in [6, 6.07) is 3.09. The number of benzene rings is 1. The Bertz CT molecular complexity index is 520. The van der Waals surface area contributed by atoms with E-state index in [-0.39, 0.29) is 5.75 Å². The molecule has 2 rings (SSSR count). The van der Waals surface area contributed by atoms with E-state index in [0.29, 0.717) is 11.5 Å². The lowest BCUT2D eigenvalue weighted by molar-refractivity contribution is 0.371. The van der Waals surface area contributed by atoms with Gasteiger partial charge in [-0.05, 0) is 55.7 Å². The van der Waals surface area contributed by atoms with Crippen molar-refractivity contribution in [2.75, 3.05) is 7.11 Å². The molecule has 0 fully saturated rings. The third-order valence-corrected chi connectivity index (χ3v) is 3.91. The molecule has 108 valence electrons. The monoisotopic (exact) mass is 278 g/mol. The van der Waals surface area contributed by atoms with Gasteiger partial charge in [-0.3, -0.25) is 0 Å². The van der Waals surface area contributed by atoms with E-state index >= 15 is 0 Å². The van der Waals surface area contributed by atoms with Gasteiger partial charge in [0.25, 0.3) is 0 Å². The van der Waals surface area contributed by atoms with Crippen LogP contribution in [0.15, 0.2) is 30.9 Å². The molecule has 0 aromatic heterocycles. The van der Waals surface area contributed by atoms with E-state index < -0.39 is 11.6 Å². The van der Waals surface area contributed by atoms with Gasteiger partial charge in [-0.2, -0.15) is 4.39 Å². The molecule has 1 aliphatic carbocycles. The number of ether oxygens (including phenoxy) is 1. The standard InChI is InChI=1S/C17H20F2O/c1-3-4-5-12-6-8-13(9-7-12)14-10-11-15(20-2)17(19)16(14)18/h3,8,10-12H,1,4-7,9H2,2H3. The van der Waals surface area contributed by atoms with Crippen LogP contribution in [0.1, 0.15) is 37.7 Å². The summed E-state index contributed by atoms with van der Waals surface area (Å²) in [4.78, 5) is 0. The molecule has 1 atom stereocenters. The molecule has 0 heterocycles. The molecular formula is C17H20F2O. The molecule has 0 aliphatic heterocycles. The van der Waals surface area contributed by atoms with Gasteiger partial charge >= 0.3 is 0 Å². The number of hydrogen-bond acceptors (Lipinski definition) is 1. The SMILES string of the molecule is C=CCCC1CC=C(c2ccc(OC)c(F)c2F)CC1. The fourth-order valence-electron chi connectivity index (χ4n) is 2.69. The highest BCUT2D eigenvalue weighted by atomic mass is 19.2. The molecule has 3 heteroatoms. The Morgan fingerprint density at radius 3 is 2.75 bits per heavy atom. The van der Waals surface area contributed by atoms with Crippen molar-refractivity contribution in [3.05, 3.63) is 48.1 Å². The molecule has 0 N–H and O–H groups in total. The molecule has 0 saturated carbocycles. The fraction of sp³-hybridized carbons (Fsp3) is 0.412. The second-order valence-electron chi connectivity index (χ2n) is 5.18. The summed E-state index contributed by atoms with van der Waals surface area (Å²) < 4.78 is 32.5. The van der Waals surface area contributed by atoms with Crippen molar-refractivity contribution >= 4 is 5.57 Å². The fourth-order valence-corrected chi connectivity index (χ4v) is 2.69. The van der Waals surface area contributed by atoms with Crippen molar-refractivity contribution in [1.82, 2.24) is 0 Å². The molecule has 1 nitrogen and oxygen atoms in total. The van der Waals surface area contributed by atoms with Crippen LogP contribution in [0.4, 0.5) is 8.78 Å². The summed E-state index contributed by atoms with van der Waals surface area (Å²) in [7, 11) is 1.33. The first-order chi connectivity index (χ1) is 9.67. The van der Waals surface area contributed by atoms with Gasteiger partial charge in [0.15, 0.2) is 11.6 Å². The molecular weight excluding hydrogens is 258 g/mol. The molecule has 0 spiro atoms. The summed E-state index contributed by atoms with van der Waals surface area (Å²) in [5.41, 5.74) is 1.27. The lowest BCUT2D eigenvalue weighted by Gasteiger charge is -2.22.